The van der Waals surface area contributed by atoms with Crippen LogP contribution in [0.15, 0.2) is 36.8 Å². The van der Waals surface area contributed by atoms with Crippen molar-refractivity contribution < 1.29 is 4.74 Å². The molecular weight excluding hydrogens is 378 g/mol. The van der Waals surface area contributed by atoms with Crippen molar-refractivity contribution in [3.63, 3.8) is 0 Å². The third-order valence-electron chi connectivity index (χ3n) is 5.74. The number of aryl methyl sites for hydroxylation is 3. The van der Waals surface area contributed by atoms with Gasteiger partial charge in [-0.1, -0.05) is 31.2 Å². The average Bonchev–Trinajstić information content (AvgIpc) is 3.34. The molecule has 30 heavy (non-hydrogen) atoms. The molecule has 0 saturated carbocycles. The fourth-order valence-electron chi connectivity index (χ4n) is 4.13. The Morgan fingerprint density at radius 3 is 2.50 bits per heavy atom. The van der Waals surface area contributed by atoms with Gasteiger partial charge >= 0.3 is 0 Å². The minimum atomic E-state index is 0.697. The van der Waals surface area contributed by atoms with E-state index in [1.54, 1.807) is 6.33 Å². The lowest BCUT2D eigenvalue weighted by Gasteiger charge is -2.28. The summed E-state index contributed by atoms with van der Waals surface area (Å²) in [6.45, 7) is 5.17. The maximum Gasteiger partial charge on any atom is 0.163 e. The summed E-state index contributed by atoms with van der Waals surface area (Å²) in [5.41, 5.74) is 6.13. The van der Waals surface area contributed by atoms with Crippen LogP contribution >= 0.6 is 0 Å². The van der Waals surface area contributed by atoms with Crippen molar-refractivity contribution >= 4 is 16.9 Å². The Balaban J connectivity index is 1.71. The third-order valence-corrected chi connectivity index (χ3v) is 5.74. The summed E-state index contributed by atoms with van der Waals surface area (Å²) >= 11 is 0. The minimum absolute atomic E-state index is 0.697. The molecule has 1 aliphatic rings. The van der Waals surface area contributed by atoms with Gasteiger partial charge in [-0.15, -0.1) is 0 Å². The van der Waals surface area contributed by atoms with Crippen molar-refractivity contribution in [2.45, 2.75) is 13.3 Å². The predicted molar refractivity (Wildman–Crippen MR) is 116 cm³/mol. The lowest BCUT2D eigenvalue weighted by Crippen LogP contribution is -2.36. The van der Waals surface area contributed by atoms with E-state index in [1.807, 2.05) is 29.7 Å². The van der Waals surface area contributed by atoms with E-state index in [4.69, 9.17) is 9.84 Å². The van der Waals surface area contributed by atoms with E-state index in [0.717, 1.165) is 58.9 Å². The Kier molecular flexibility index (Phi) is 4.71. The molecular formula is C22H25N7O. The van der Waals surface area contributed by atoms with Gasteiger partial charge in [0, 0.05) is 38.3 Å². The molecule has 4 heterocycles. The van der Waals surface area contributed by atoms with Gasteiger partial charge in [-0.25, -0.2) is 14.6 Å². The Morgan fingerprint density at radius 2 is 1.77 bits per heavy atom. The SMILES string of the molecule is CCc1ccc(-c2c(-c3nn(C)c4ncnc(N5CCOCC5)c34)cnn2C)cc1. The fourth-order valence-corrected chi connectivity index (χ4v) is 4.13. The van der Waals surface area contributed by atoms with Crippen LogP contribution in [0.3, 0.4) is 0 Å². The Morgan fingerprint density at radius 1 is 1.00 bits per heavy atom. The van der Waals surface area contributed by atoms with Gasteiger partial charge in [-0.3, -0.25) is 4.68 Å². The van der Waals surface area contributed by atoms with Crippen molar-refractivity contribution in [1.29, 1.82) is 0 Å². The lowest BCUT2D eigenvalue weighted by molar-refractivity contribution is 0.122. The highest BCUT2D eigenvalue weighted by molar-refractivity contribution is 6.01. The van der Waals surface area contributed by atoms with Gasteiger partial charge in [0.15, 0.2) is 5.65 Å². The Bertz CT molecular complexity index is 1190. The minimum Gasteiger partial charge on any atom is -0.378 e. The maximum absolute atomic E-state index is 5.53. The van der Waals surface area contributed by atoms with Crippen LogP contribution in [0.25, 0.3) is 33.5 Å². The van der Waals surface area contributed by atoms with Crippen molar-refractivity contribution in [1.82, 2.24) is 29.5 Å². The number of ether oxygens (including phenoxy) is 1. The zero-order valence-electron chi connectivity index (χ0n) is 17.5. The Labute approximate surface area is 175 Å². The largest absolute Gasteiger partial charge is 0.378 e. The summed E-state index contributed by atoms with van der Waals surface area (Å²) in [4.78, 5) is 11.4. The average molecular weight is 403 g/mol. The molecule has 0 unspecified atom stereocenters. The normalized spacial score (nSPS) is 14.6. The smallest absolute Gasteiger partial charge is 0.163 e. The highest BCUT2D eigenvalue weighted by Gasteiger charge is 2.25. The summed E-state index contributed by atoms with van der Waals surface area (Å²) in [7, 11) is 3.89. The zero-order valence-corrected chi connectivity index (χ0v) is 17.5. The van der Waals surface area contributed by atoms with Crippen LogP contribution in [0.5, 0.6) is 0 Å². The number of rotatable bonds is 4. The van der Waals surface area contributed by atoms with Crippen molar-refractivity contribution in [3.8, 4) is 22.5 Å². The number of fused-ring (bicyclic) bond motifs is 1. The first-order valence-electron chi connectivity index (χ1n) is 10.3. The van der Waals surface area contributed by atoms with Gasteiger partial charge in [0.2, 0.25) is 0 Å². The van der Waals surface area contributed by atoms with E-state index in [1.165, 1.54) is 5.56 Å². The molecule has 0 bridgehead atoms. The molecule has 8 heteroatoms. The van der Waals surface area contributed by atoms with Gasteiger partial charge in [-0.05, 0) is 12.0 Å². The summed E-state index contributed by atoms with van der Waals surface area (Å²) in [5, 5.41) is 10.4. The van der Waals surface area contributed by atoms with Gasteiger partial charge in [-0.2, -0.15) is 10.2 Å². The van der Waals surface area contributed by atoms with Crippen molar-refractivity contribution in [3.05, 3.63) is 42.4 Å². The van der Waals surface area contributed by atoms with Crippen LogP contribution in [0.1, 0.15) is 12.5 Å². The van der Waals surface area contributed by atoms with E-state index < -0.39 is 0 Å². The summed E-state index contributed by atoms with van der Waals surface area (Å²) < 4.78 is 9.27. The molecule has 0 atom stereocenters. The molecule has 0 radical (unpaired) electrons. The van der Waals surface area contributed by atoms with Gasteiger partial charge in [0.05, 0.1) is 30.5 Å². The first kappa shape index (κ1) is 18.7. The number of anilines is 1. The van der Waals surface area contributed by atoms with E-state index in [0.29, 0.717) is 13.2 Å². The number of hydrogen-bond donors (Lipinski definition) is 0. The van der Waals surface area contributed by atoms with Crippen molar-refractivity contribution in [2.24, 2.45) is 14.1 Å². The topological polar surface area (TPSA) is 73.9 Å². The molecule has 3 aromatic heterocycles. The second-order valence-corrected chi connectivity index (χ2v) is 7.55. The van der Waals surface area contributed by atoms with E-state index in [2.05, 4.69) is 51.2 Å². The predicted octanol–water partition coefficient (Wildman–Crippen LogP) is 2.83. The highest BCUT2D eigenvalue weighted by Crippen LogP contribution is 2.38. The molecule has 4 aromatic rings. The van der Waals surface area contributed by atoms with Gasteiger partial charge in [0.1, 0.15) is 17.8 Å². The molecule has 0 spiro atoms. The van der Waals surface area contributed by atoms with Gasteiger partial charge < -0.3 is 9.64 Å². The van der Waals surface area contributed by atoms with E-state index in [9.17, 15) is 0 Å². The zero-order chi connectivity index (χ0) is 20.7. The van der Waals surface area contributed by atoms with Crippen LogP contribution in [-0.4, -0.2) is 55.8 Å². The van der Waals surface area contributed by atoms with Crippen LogP contribution in [0.4, 0.5) is 5.82 Å². The number of nitrogens with zero attached hydrogens (tertiary/aromatic N) is 7. The third kappa shape index (κ3) is 3.04. The molecule has 154 valence electrons. The molecule has 0 aliphatic carbocycles. The molecule has 1 saturated heterocycles. The van der Waals surface area contributed by atoms with Crippen LogP contribution in [-0.2, 0) is 25.3 Å². The van der Waals surface area contributed by atoms with Crippen LogP contribution in [0.2, 0.25) is 0 Å². The number of morpholine rings is 1. The van der Waals surface area contributed by atoms with Crippen molar-refractivity contribution in [2.75, 3.05) is 31.2 Å². The van der Waals surface area contributed by atoms with Gasteiger partial charge in [0.25, 0.3) is 0 Å². The molecule has 8 nitrogen and oxygen atoms in total. The lowest BCUT2D eigenvalue weighted by atomic mass is 10.0. The quantitative estimate of drug-likeness (QED) is 0.522. The van der Waals surface area contributed by atoms with E-state index in [-0.39, 0.29) is 0 Å². The standard InChI is InChI=1S/C22H25N7O/c1-4-15-5-7-16(8-6-15)20-17(13-25-27(20)2)19-18-21(28(3)26-19)23-14-24-22(18)29-9-11-30-12-10-29/h5-8,13-14H,4,9-12H2,1-3H3. The molecule has 0 N–H and O–H groups in total. The first-order chi connectivity index (χ1) is 14.7. The second-order valence-electron chi connectivity index (χ2n) is 7.55. The maximum atomic E-state index is 5.53. The number of aromatic nitrogens is 6. The fraction of sp³-hybridized carbons (Fsp3) is 0.364. The molecule has 5 rings (SSSR count). The molecule has 1 aliphatic heterocycles. The van der Waals surface area contributed by atoms with Crippen LogP contribution < -0.4 is 4.90 Å². The monoisotopic (exact) mass is 403 g/mol. The summed E-state index contributed by atoms with van der Waals surface area (Å²) in [5.74, 6) is 0.905. The number of benzene rings is 1. The van der Waals surface area contributed by atoms with Crippen LogP contribution in [0, 0.1) is 0 Å². The van der Waals surface area contributed by atoms with E-state index >= 15 is 0 Å². The first-order valence-corrected chi connectivity index (χ1v) is 10.3. The summed E-state index contributed by atoms with van der Waals surface area (Å²) in [6.07, 6.45) is 4.52. The number of hydrogen-bond acceptors (Lipinski definition) is 6. The Hall–Kier alpha value is -3.26. The summed E-state index contributed by atoms with van der Waals surface area (Å²) in [6, 6.07) is 8.66. The molecule has 1 aromatic carbocycles. The molecule has 1 fully saturated rings. The molecule has 0 amide bonds. The highest BCUT2D eigenvalue weighted by atomic mass is 16.5. The second kappa shape index (κ2) is 7.53.